The molecule has 4 rings (SSSR count). The number of benzene rings is 1. The van der Waals surface area contributed by atoms with Gasteiger partial charge in [0.1, 0.15) is 5.82 Å². The molecule has 1 aliphatic rings. The highest BCUT2D eigenvalue weighted by atomic mass is 19.1. The van der Waals surface area contributed by atoms with Crippen LogP contribution in [-0.4, -0.2) is 59.6 Å². The van der Waals surface area contributed by atoms with Gasteiger partial charge in [-0.15, -0.1) is 0 Å². The molecule has 10 heteroatoms. The molecule has 9 nitrogen and oxygen atoms in total. The zero-order valence-electron chi connectivity index (χ0n) is 25.5. The fourth-order valence-corrected chi connectivity index (χ4v) is 5.20. The van der Waals surface area contributed by atoms with Gasteiger partial charge in [0.2, 0.25) is 0 Å². The number of anilines is 1. The van der Waals surface area contributed by atoms with E-state index in [1.165, 1.54) is 19.2 Å². The number of nitrogens with one attached hydrogen (secondary N) is 1. The highest BCUT2D eigenvalue weighted by Gasteiger charge is 2.36. The van der Waals surface area contributed by atoms with Crippen LogP contribution >= 0.6 is 0 Å². The lowest BCUT2D eigenvalue weighted by molar-refractivity contribution is -0.164. The minimum Gasteiger partial charge on any atom is -0.467 e. The maximum absolute atomic E-state index is 13.2. The zero-order chi connectivity index (χ0) is 30.8. The van der Waals surface area contributed by atoms with Crippen molar-refractivity contribution in [3.05, 3.63) is 64.7 Å². The van der Waals surface area contributed by atoms with Crippen LogP contribution in [0.15, 0.2) is 36.5 Å². The maximum Gasteiger partial charge on any atom is 0.339 e. The van der Waals surface area contributed by atoms with Gasteiger partial charge in [0.15, 0.2) is 17.6 Å². The Kier molecular flexibility index (Phi) is 9.06. The molecule has 1 aromatic carbocycles. The third-order valence-corrected chi connectivity index (χ3v) is 7.55. The van der Waals surface area contributed by atoms with E-state index in [0.29, 0.717) is 16.6 Å². The highest BCUT2D eigenvalue weighted by Crippen LogP contribution is 2.41. The molecule has 1 atom stereocenters. The highest BCUT2D eigenvalue weighted by molar-refractivity contribution is 5.98. The fourth-order valence-electron chi connectivity index (χ4n) is 5.20. The molecule has 0 spiro atoms. The second-order valence-electron chi connectivity index (χ2n) is 12.7. The van der Waals surface area contributed by atoms with Crippen LogP contribution in [-0.2, 0) is 25.5 Å². The molecule has 1 amide bonds. The number of nitrogens with zero attached hydrogens (tertiary/aromatic N) is 3. The smallest absolute Gasteiger partial charge is 0.339 e. The lowest BCUT2D eigenvalue weighted by Gasteiger charge is -2.40. The van der Waals surface area contributed by atoms with Crippen molar-refractivity contribution in [2.75, 3.05) is 31.6 Å². The van der Waals surface area contributed by atoms with Crippen molar-refractivity contribution in [3.8, 4) is 0 Å². The van der Waals surface area contributed by atoms with Crippen molar-refractivity contribution in [3.63, 3.8) is 0 Å². The minimum atomic E-state index is -0.985. The van der Waals surface area contributed by atoms with E-state index in [1.807, 2.05) is 27.7 Å². The first-order valence-corrected chi connectivity index (χ1v) is 14.3. The summed E-state index contributed by atoms with van der Waals surface area (Å²) >= 11 is 0. The first-order chi connectivity index (χ1) is 19.7. The van der Waals surface area contributed by atoms with Crippen LogP contribution in [0.2, 0.25) is 0 Å². The number of fused-ring (bicyclic) bond motifs is 1. The number of methoxy groups -OCH3 is 1. The first-order valence-electron chi connectivity index (χ1n) is 14.3. The molecule has 226 valence electrons. The average Bonchev–Trinajstić information content (AvgIpc) is 3.34. The van der Waals surface area contributed by atoms with Crippen LogP contribution in [0.5, 0.6) is 0 Å². The SMILES string of the molecule is COC(=O)[C@@H](OC(C)(C)C)c1c(C)cn2nc(C(=O)NCC(=O)Cc3ccc(F)cc3)cc2c1N1CCC(C)(C)CC1. The summed E-state index contributed by atoms with van der Waals surface area (Å²) in [5.74, 6) is -1.59. The number of carbonyl (C=O) groups excluding carboxylic acids is 3. The van der Waals surface area contributed by atoms with Gasteiger partial charge in [-0.25, -0.2) is 13.7 Å². The number of piperidine rings is 1. The molecule has 1 aliphatic heterocycles. The molecule has 42 heavy (non-hydrogen) atoms. The number of hydrogen-bond donors (Lipinski definition) is 1. The Morgan fingerprint density at radius 3 is 2.36 bits per heavy atom. The molecule has 0 bridgehead atoms. The summed E-state index contributed by atoms with van der Waals surface area (Å²) in [6.45, 7) is 13.4. The van der Waals surface area contributed by atoms with Crippen LogP contribution in [0.3, 0.4) is 0 Å². The van der Waals surface area contributed by atoms with E-state index in [1.54, 1.807) is 28.9 Å². The van der Waals surface area contributed by atoms with Crippen molar-refractivity contribution >= 4 is 28.9 Å². The van der Waals surface area contributed by atoms with Gasteiger partial charge < -0.3 is 19.7 Å². The van der Waals surface area contributed by atoms with Crippen LogP contribution < -0.4 is 10.2 Å². The summed E-state index contributed by atoms with van der Waals surface area (Å²) in [6.07, 6.45) is 2.77. The van der Waals surface area contributed by atoms with Gasteiger partial charge in [0.05, 0.1) is 30.5 Å². The topological polar surface area (TPSA) is 102 Å². The van der Waals surface area contributed by atoms with E-state index in [2.05, 4.69) is 29.2 Å². The number of hydrogen-bond acceptors (Lipinski definition) is 7. The molecular formula is C32H41FN4O5. The number of aromatic nitrogens is 2. The average molecular weight is 581 g/mol. The summed E-state index contributed by atoms with van der Waals surface area (Å²) in [7, 11) is 1.34. The van der Waals surface area contributed by atoms with Crippen LogP contribution in [0, 0.1) is 18.2 Å². The van der Waals surface area contributed by atoms with E-state index in [-0.39, 0.29) is 35.7 Å². The second-order valence-corrected chi connectivity index (χ2v) is 12.7. The van der Waals surface area contributed by atoms with Crippen molar-refractivity contribution in [1.29, 1.82) is 0 Å². The van der Waals surface area contributed by atoms with Crippen LogP contribution in [0.4, 0.5) is 10.1 Å². The summed E-state index contributed by atoms with van der Waals surface area (Å²) in [5, 5.41) is 7.20. The minimum absolute atomic E-state index is 0.0758. The predicted octanol–water partition coefficient (Wildman–Crippen LogP) is 4.98. The van der Waals surface area contributed by atoms with Crippen LogP contribution in [0.1, 0.15) is 80.7 Å². The van der Waals surface area contributed by atoms with E-state index in [4.69, 9.17) is 9.47 Å². The number of aryl methyl sites for hydroxylation is 1. The second kappa shape index (κ2) is 12.2. The monoisotopic (exact) mass is 580 g/mol. The normalized spacial score (nSPS) is 15.9. The van der Waals surface area contributed by atoms with E-state index < -0.39 is 23.6 Å². The molecule has 2 aromatic heterocycles. The quantitative estimate of drug-likeness (QED) is 0.356. The van der Waals surface area contributed by atoms with Gasteiger partial charge in [0, 0.05) is 31.3 Å². The molecule has 3 aromatic rings. The Morgan fingerprint density at radius 1 is 1.12 bits per heavy atom. The number of ether oxygens (including phenoxy) is 2. The van der Waals surface area contributed by atoms with E-state index in [9.17, 15) is 18.8 Å². The van der Waals surface area contributed by atoms with Crippen molar-refractivity contribution < 1.29 is 28.2 Å². The zero-order valence-corrected chi connectivity index (χ0v) is 25.5. The maximum atomic E-state index is 13.2. The molecule has 0 aliphatic carbocycles. The largest absolute Gasteiger partial charge is 0.467 e. The number of ketones is 1. The Balaban J connectivity index is 1.69. The lowest BCUT2D eigenvalue weighted by Crippen LogP contribution is -2.39. The Bertz CT molecular complexity index is 1460. The number of carbonyl (C=O) groups is 3. The van der Waals surface area contributed by atoms with Gasteiger partial charge in [0.25, 0.3) is 5.91 Å². The third kappa shape index (κ3) is 7.34. The number of halogens is 1. The van der Waals surface area contributed by atoms with Crippen molar-refractivity contribution in [2.24, 2.45) is 5.41 Å². The van der Waals surface area contributed by atoms with Crippen molar-refractivity contribution in [1.82, 2.24) is 14.9 Å². The summed E-state index contributed by atoms with van der Waals surface area (Å²) in [5.41, 5.74) is 3.26. The number of Topliss-reactive ketones (excluding diaryl/α,β-unsaturated/α-hetero) is 1. The Labute approximate surface area is 246 Å². The van der Waals surface area contributed by atoms with Gasteiger partial charge >= 0.3 is 5.97 Å². The van der Waals surface area contributed by atoms with Gasteiger partial charge in [-0.05, 0) is 75.3 Å². The molecule has 0 radical (unpaired) electrons. The summed E-state index contributed by atoms with van der Waals surface area (Å²) < 4.78 is 26.3. The lowest BCUT2D eigenvalue weighted by atomic mass is 9.82. The van der Waals surface area contributed by atoms with Gasteiger partial charge in [-0.1, -0.05) is 26.0 Å². The Hall–Kier alpha value is -3.79. The number of esters is 1. The third-order valence-electron chi connectivity index (χ3n) is 7.55. The van der Waals surface area contributed by atoms with Gasteiger partial charge in [-0.3, -0.25) is 9.59 Å². The molecule has 3 heterocycles. The van der Waals surface area contributed by atoms with Crippen molar-refractivity contribution in [2.45, 2.75) is 72.5 Å². The summed E-state index contributed by atoms with van der Waals surface area (Å²) in [6, 6.07) is 7.37. The fraction of sp³-hybridized carbons (Fsp3) is 0.500. The van der Waals surface area contributed by atoms with E-state index in [0.717, 1.165) is 37.2 Å². The first kappa shape index (κ1) is 31.2. The molecule has 1 saturated heterocycles. The van der Waals surface area contributed by atoms with Gasteiger partial charge in [-0.2, -0.15) is 5.10 Å². The van der Waals surface area contributed by atoms with Crippen LogP contribution in [0.25, 0.3) is 5.52 Å². The molecular weight excluding hydrogens is 539 g/mol. The molecule has 0 unspecified atom stereocenters. The number of rotatable bonds is 9. The number of amides is 1. The molecule has 0 saturated carbocycles. The standard InChI is InChI=1S/C32H41FN4O5/c1-20-19-37-25(17-24(35-37)29(39)34-18-23(38)16-21-8-10-22(33)11-9-21)27(36-14-12-32(5,6)13-15-36)26(20)28(30(40)41-7)42-31(2,3)4/h8-11,17,19,28H,12-16,18H2,1-7H3,(H,34,39)/t28-/m0/s1. The predicted molar refractivity (Wildman–Crippen MR) is 158 cm³/mol. The molecule has 1 fully saturated rings. The summed E-state index contributed by atoms with van der Waals surface area (Å²) in [4.78, 5) is 41.0. The van der Waals surface area contributed by atoms with E-state index >= 15 is 0 Å². The molecule has 1 N–H and O–H groups in total. The Morgan fingerprint density at radius 2 is 1.76 bits per heavy atom. The number of pyridine rings is 1.